The van der Waals surface area contributed by atoms with Crippen LogP contribution in [0.5, 0.6) is 0 Å². The molecule has 1 aliphatic carbocycles. The molecule has 1 aromatic rings. The molecule has 0 spiro atoms. The number of rotatable bonds is 2. The minimum Gasteiger partial charge on any atom is -0.388 e. The highest BCUT2D eigenvalue weighted by Crippen LogP contribution is 2.43. The van der Waals surface area contributed by atoms with Crippen molar-refractivity contribution in [3.8, 4) is 0 Å². The predicted molar refractivity (Wildman–Crippen MR) is 60.7 cm³/mol. The van der Waals surface area contributed by atoms with Gasteiger partial charge in [-0.05, 0) is 31.2 Å². The van der Waals surface area contributed by atoms with Crippen molar-refractivity contribution in [2.75, 3.05) is 0 Å². The van der Waals surface area contributed by atoms with Crippen LogP contribution in [-0.2, 0) is 0 Å². The lowest BCUT2D eigenvalue weighted by molar-refractivity contribution is -0.189. The molecular formula is C13H15F4NO. The molecule has 3 unspecified atom stereocenters. The Morgan fingerprint density at radius 2 is 2.00 bits per heavy atom. The van der Waals surface area contributed by atoms with Gasteiger partial charge in [-0.2, -0.15) is 13.2 Å². The smallest absolute Gasteiger partial charge is 0.388 e. The SMILES string of the molecule is OC(c1cncc(F)c1)C1CCCC(C(F)(F)F)C1. The van der Waals surface area contributed by atoms with Gasteiger partial charge in [0.05, 0.1) is 18.2 Å². The van der Waals surface area contributed by atoms with Crippen LogP contribution in [0.4, 0.5) is 17.6 Å². The summed E-state index contributed by atoms with van der Waals surface area (Å²) < 4.78 is 51.1. The van der Waals surface area contributed by atoms with Gasteiger partial charge in [0.2, 0.25) is 0 Å². The Labute approximate surface area is 108 Å². The van der Waals surface area contributed by atoms with Crippen molar-refractivity contribution in [1.29, 1.82) is 0 Å². The van der Waals surface area contributed by atoms with E-state index in [1.54, 1.807) is 0 Å². The van der Waals surface area contributed by atoms with Gasteiger partial charge < -0.3 is 5.11 Å². The van der Waals surface area contributed by atoms with E-state index in [1.807, 2.05) is 0 Å². The highest BCUT2D eigenvalue weighted by atomic mass is 19.4. The first-order valence-corrected chi connectivity index (χ1v) is 6.23. The number of pyridine rings is 1. The lowest BCUT2D eigenvalue weighted by Crippen LogP contribution is -2.31. The fraction of sp³-hybridized carbons (Fsp3) is 0.615. The van der Waals surface area contributed by atoms with Crippen molar-refractivity contribution in [2.45, 2.75) is 38.0 Å². The summed E-state index contributed by atoms with van der Waals surface area (Å²) in [5, 5.41) is 10.1. The van der Waals surface area contributed by atoms with Gasteiger partial charge in [-0.25, -0.2) is 4.39 Å². The fourth-order valence-corrected chi connectivity index (χ4v) is 2.67. The van der Waals surface area contributed by atoms with Crippen LogP contribution in [-0.4, -0.2) is 16.3 Å². The molecule has 0 bridgehead atoms. The Morgan fingerprint density at radius 1 is 1.26 bits per heavy atom. The summed E-state index contributed by atoms with van der Waals surface area (Å²) in [6.45, 7) is 0. The molecule has 1 fully saturated rings. The molecule has 0 saturated heterocycles. The largest absolute Gasteiger partial charge is 0.391 e. The van der Waals surface area contributed by atoms with Crippen molar-refractivity contribution in [3.63, 3.8) is 0 Å². The highest BCUT2D eigenvalue weighted by molar-refractivity contribution is 5.14. The number of aromatic nitrogens is 1. The number of hydrogen-bond donors (Lipinski definition) is 1. The molecule has 1 aromatic heterocycles. The van der Waals surface area contributed by atoms with Crippen LogP contribution in [0.2, 0.25) is 0 Å². The van der Waals surface area contributed by atoms with Gasteiger partial charge in [0.15, 0.2) is 0 Å². The lowest BCUT2D eigenvalue weighted by atomic mass is 9.77. The first kappa shape index (κ1) is 14.2. The summed E-state index contributed by atoms with van der Waals surface area (Å²) in [5.41, 5.74) is 0.243. The Bertz CT molecular complexity index is 435. The first-order valence-electron chi connectivity index (χ1n) is 6.23. The van der Waals surface area contributed by atoms with E-state index < -0.39 is 29.9 Å². The van der Waals surface area contributed by atoms with Crippen molar-refractivity contribution in [1.82, 2.24) is 4.98 Å². The van der Waals surface area contributed by atoms with E-state index in [2.05, 4.69) is 4.98 Å². The molecule has 6 heteroatoms. The van der Waals surface area contributed by atoms with Gasteiger partial charge in [-0.3, -0.25) is 4.98 Å². The molecule has 0 aromatic carbocycles. The molecule has 2 nitrogen and oxygen atoms in total. The van der Waals surface area contributed by atoms with Gasteiger partial charge in [-0.1, -0.05) is 6.42 Å². The quantitative estimate of drug-likeness (QED) is 0.837. The van der Waals surface area contributed by atoms with Crippen LogP contribution in [0.15, 0.2) is 18.5 Å². The molecule has 19 heavy (non-hydrogen) atoms. The van der Waals surface area contributed by atoms with E-state index in [1.165, 1.54) is 6.20 Å². The number of aliphatic hydroxyl groups excluding tert-OH is 1. The maximum absolute atomic E-state index is 13.0. The molecule has 2 rings (SSSR count). The number of alkyl halides is 3. The molecule has 0 radical (unpaired) electrons. The van der Waals surface area contributed by atoms with Crippen molar-refractivity contribution >= 4 is 0 Å². The normalized spacial score (nSPS) is 26.2. The number of halogens is 4. The summed E-state index contributed by atoms with van der Waals surface area (Å²) >= 11 is 0. The summed E-state index contributed by atoms with van der Waals surface area (Å²) in [6, 6.07) is 1.12. The van der Waals surface area contributed by atoms with Crippen LogP contribution in [0.1, 0.15) is 37.4 Å². The van der Waals surface area contributed by atoms with Crippen molar-refractivity contribution < 1.29 is 22.7 Å². The second-order valence-electron chi connectivity index (χ2n) is 5.05. The number of aliphatic hydroxyl groups is 1. The van der Waals surface area contributed by atoms with Crippen LogP contribution in [0.3, 0.4) is 0 Å². The van der Waals surface area contributed by atoms with E-state index in [4.69, 9.17) is 0 Å². The summed E-state index contributed by atoms with van der Waals surface area (Å²) in [7, 11) is 0. The van der Waals surface area contributed by atoms with Gasteiger partial charge in [-0.15, -0.1) is 0 Å². The van der Waals surface area contributed by atoms with Crippen molar-refractivity contribution in [2.24, 2.45) is 11.8 Å². The highest BCUT2D eigenvalue weighted by Gasteiger charge is 2.43. The Morgan fingerprint density at radius 3 is 2.63 bits per heavy atom. The average molecular weight is 277 g/mol. The van der Waals surface area contributed by atoms with Crippen molar-refractivity contribution in [3.05, 3.63) is 29.8 Å². The molecule has 0 aliphatic heterocycles. The third-order valence-corrected chi connectivity index (χ3v) is 3.69. The van der Waals surface area contributed by atoms with Gasteiger partial charge in [0.1, 0.15) is 5.82 Å². The molecule has 1 heterocycles. The minimum atomic E-state index is -4.22. The standard InChI is InChI=1S/C13H15F4NO/c14-11-5-9(6-18-7-11)12(19)8-2-1-3-10(4-8)13(15,16)17/h5-8,10,12,19H,1-4H2. The summed E-state index contributed by atoms with van der Waals surface area (Å²) in [4.78, 5) is 3.61. The zero-order chi connectivity index (χ0) is 14.0. The number of hydrogen-bond acceptors (Lipinski definition) is 2. The fourth-order valence-electron chi connectivity index (χ4n) is 2.67. The molecule has 1 N–H and O–H groups in total. The molecule has 3 atom stereocenters. The van der Waals surface area contributed by atoms with E-state index in [-0.39, 0.29) is 18.4 Å². The van der Waals surface area contributed by atoms with E-state index >= 15 is 0 Å². The first-order chi connectivity index (χ1) is 8.88. The second-order valence-corrected chi connectivity index (χ2v) is 5.05. The average Bonchev–Trinajstić information content (AvgIpc) is 2.37. The number of nitrogens with zero attached hydrogens (tertiary/aromatic N) is 1. The Hall–Kier alpha value is -1.17. The van der Waals surface area contributed by atoms with Gasteiger partial charge >= 0.3 is 6.18 Å². The molecule has 1 aliphatic rings. The van der Waals surface area contributed by atoms with Gasteiger partial charge in [0.25, 0.3) is 0 Å². The maximum atomic E-state index is 13.0. The minimum absolute atomic E-state index is 0.105. The Kier molecular flexibility index (Phi) is 4.08. The molecular weight excluding hydrogens is 262 g/mol. The zero-order valence-corrected chi connectivity index (χ0v) is 10.2. The maximum Gasteiger partial charge on any atom is 0.391 e. The monoisotopic (exact) mass is 277 g/mol. The van der Waals surface area contributed by atoms with Crippen LogP contribution < -0.4 is 0 Å². The zero-order valence-electron chi connectivity index (χ0n) is 10.2. The molecule has 1 saturated carbocycles. The Balaban J connectivity index is 2.09. The lowest BCUT2D eigenvalue weighted by Gasteiger charge is -2.33. The third kappa shape index (κ3) is 3.43. The summed E-state index contributed by atoms with van der Waals surface area (Å²) in [5.74, 6) is -2.47. The molecule has 106 valence electrons. The summed E-state index contributed by atoms with van der Waals surface area (Å²) in [6.07, 6.45) is -2.08. The second kappa shape index (κ2) is 5.45. The van der Waals surface area contributed by atoms with Crippen LogP contribution in [0.25, 0.3) is 0 Å². The topological polar surface area (TPSA) is 33.1 Å². The molecule has 0 amide bonds. The van der Waals surface area contributed by atoms with Gasteiger partial charge in [0, 0.05) is 11.8 Å². The van der Waals surface area contributed by atoms with Crippen LogP contribution >= 0.6 is 0 Å². The van der Waals surface area contributed by atoms with E-state index in [9.17, 15) is 22.7 Å². The van der Waals surface area contributed by atoms with E-state index in [0.717, 1.165) is 12.3 Å². The third-order valence-electron chi connectivity index (χ3n) is 3.69. The van der Waals surface area contributed by atoms with E-state index in [0.29, 0.717) is 12.8 Å². The predicted octanol–water partition coefficient (Wildman–Crippen LogP) is 3.62. The van der Waals surface area contributed by atoms with Crippen LogP contribution in [0, 0.1) is 17.7 Å².